The molecule has 0 amide bonds. The van der Waals surface area contributed by atoms with E-state index in [1.54, 1.807) is 0 Å². The van der Waals surface area contributed by atoms with Gasteiger partial charge in [-0.2, -0.15) is 5.06 Å². The maximum Gasteiger partial charge on any atom is 1.00 e. The zero-order valence-corrected chi connectivity index (χ0v) is 16.6. The summed E-state index contributed by atoms with van der Waals surface area (Å²) >= 11 is 0. The van der Waals surface area contributed by atoms with Gasteiger partial charge in [-0.3, -0.25) is 19.2 Å². The number of aliphatic carboxylic acids is 4. The van der Waals surface area contributed by atoms with Crippen molar-refractivity contribution in [2.24, 2.45) is 5.73 Å². The first-order chi connectivity index (χ1) is 10.4. The van der Waals surface area contributed by atoms with E-state index in [4.69, 9.17) is 26.2 Å². The molecule has 134 valence electrons. The van der Waals surface area contributed by atoms with Crippen LogP contribution in [0.25, 0.3) is 0 Å². The van der Waals surface area contributed by atoms with Crippen LogP contribution >= 0.6 is 0 Å². The number of carboxylic acid groups (broad SMARTS) is 4. The van der Waals surface area contributed by atoms with Crippen LogP contribution in [0.5, 0.6) is 0 Å². The zero-order chi connectivity index (χ0) is 18.4. The van der Waals surface area contributed by atoms with Crippen LogP contribution in [0.3, 0.4) is 0 Å². The van der Waals surface area contributed by atoms with Gasteiger partial charge >= 0.3 is 75.3 Å². The van der Waals surface area contributed by atoms with Crippen molar-refractivity contribution in [3.63, 3.8) is 0 Å². The van der Waals surface area contributed by atoms with Gasteiger partial charge in [-0.05, 0) is 0 Å². The molecular weight excluding hydrogens is 355 g/mol. The van der Waals surface area contributed by atoms with Crippen molar-refractivity contribution in [2.45, 2.75) is 43.7 Å². The Hall–Kier alpha value is -0.604. The largest absolute Gasteiger partial charge is 1.00 e. The van der Waals surface area contributed by atoms with Crippen molar-refractivity contribution in [1.82, 2.24) is 5.06 Å². The average molecular weight is 376 g/mol. The van der Waals surface area contributed by atoms with Gasteiger partial charge in [-0.15, -0.1) is 0 Å². The maximum atomic E-state index is 11.2. The van der Waals surface area contributed by atoms with Gasteiger partial charge in [0.15, 0.2) is 0 Å². The van der Waals surface area contributed by atoms with Gasteiger partial charge in [0.1, 0.15) is 0 Å². The smallest absolute Gasteiger partial charge is 1.00 e. The van der Waals surface area contributed by atoms with Gasteiger partial charge in [0.2, 0.25) is 0 Å². The second kappa shape index (κ2) is 10.4. The molecule has 0 rings (SSSR count). The molecule has 0 aromatic heterocycles. The van der Waals surface area contributed by atoms with Gasteiger partial charge in [-0.1, -0.05) is 6.92 Å². The first-order valence-corrected chi connectivity index (χ1v) is 6.52. The number of carboxylic acids is 4. The molecule has 24 heavy (non-hydrogen) atoms. The van der Waals surface area contributed by atoms with Crippen LogP contribution in [-0.2, 0) is 19.2 Å². The predicted molar refractivity (Wildman–Crippen MR) is 73.9 cm³/mol. The van der Waals surface area contributed by atoms with E-state index in [1.807, 2.05) is 0 Å². The Morgan fingerprint density at radius 3 is 1.38 bits per heavy atom. The zero-order valence-electron chi connectivity index (χ0n) is 14.4. The third kappa shape index (κ3) is 6.72. The molecule has 11 nitrogen and oxygen atoms in total. The number of carbonyl (C=O) groups is 4. The van der Waals surface area contributed by atoms with Crippen molar-refractivity contribution in [3.8, 4) is 0 Å². The van der Waals surface area contributed by atoms with Crippen molar-refractivity contribution in [3.05, 3.63) is 0 Å². The van der Waals surface area contributed by atoms with Crippen molar-refractivity contribution >= 4 is 23.9 Å². The number of nitrogens with two attached hydrogens (primary N) is 1. The molecule has 0 fully saturated rings. The van der Waals surface area contributed by atoms with Crippen molar-refractivity contribution in [1.29, 1.82) is 0 Å². The van der Waals surface area contributed by atoms with Crippen LogP contribution in [0.4, 0.5) is 0 Å². The molecule has 0 radical (unpaired) electrons. The molecule has 0 bridgehead atoms. The average Bonchev–Trinajstić information content (AvgIpc) is 2.33. The minimum atomic E-state index is -2.34. The Morgan fingerprint density at radius 1 is 0.875 bits per heavy atom. The fraction of sp³-hybridized carbons (Fsp3) is 0.667. The SMILES string of the molecule is CCN(O)C(CC(=O)O)(CC(=O)O)C(N)(CC(=O)O)CC(=O)O.[H-].[K+]. The van der Waals surface area contributed by atoms with E-state index in [1.165, 1.54) is 6.92 Å². The van der Waals surface area contributed by atoms with E-state index in [2.05, 4.69) is 0 Å². The molecule has 0 aliphatic carbocycles. The minimum absolute atomic E-state index is 0. The van der Waals surface area contributed by atoms with Crippen LogP contribution in [-0.4, -0.2) is 72.2 Å². The Morgan fingerprint density at radius 2 is 1.17 bits per heavy atom. The molecule has 0 unspecified atom stereocenters. The molecule has 0 spiro atoms. The van der Waals surface area contributed by atoms with E-state index < -0.39 is 60.6 Å². The quantitative estimate of drug-likeness (QED) is 0.152. The summed E-state index contributed by atoms with van der Waals surface area (Å²) in [6.45, 7) is 1.05. The number of hydroxylamine groups is 2. The fourth-order valence-electron chi connectivity index (χ4n) is 2.59. The van der Waals surface area contributed by atoms with Crippen molar-refractivity contribution in [2.75, 3.05) is 6.54 Å². The second-order valence-corrected chi connectivity index (χ2v) is 5.19. The molecule has 12 heteroatoms. The molecule has 0 saturated carbocycles. The van der Waals surface area contributed by atoms with Crippen LogP contribution in [0.2, 0.25) is 0 Å². The molecule has 0 saturated heterocycles. The van der Waals surface area contributed by atoms with Gasteiger partial charge < -0.3 is 32.8 Å². The van der Waals surface area contributed by atoms with Crippen LogP contribution in [0.1, 0.15) is 34.0 Å². The number of rotatable bonds is 11. The van der Waals surface area contributed by atoms with E-state index in [9.17, 15) is 24.4 Å². The molecule has 0 atom stereocenters. The van der Waals surface area contributed by atoms with E-state index >= 15 is 0 Å². The van der Waals surface area contributed by atoms with Crippen LogP contribution < -0.4 is 57.1 Å². The summed E-state index contributed by atoms with van der Waals surface area (Å²) in [7, 11) is 0. The minimum Gasteiger partial charge on any atom is -1.00 e. The summed E-state index contributed by atoms with van der Waals surface area (Å²) in [5.41, 5.74) is 1.20. The van der Waals surface area contributed by atoms with Gasteiger partial charge in [-0.25, -0.2) is 0 Å². The fourth-order valence-corrected chi connectivity index (χ4v) is 2.59. The first-order valence-electron chi connectivity index (χ1n) is 6.52. The third-order valence-corrected chi connectivity index (χ3v) is 3.54. The first kappa shape index (κ1) is 25.6. The van der Waals surface area contributed by atoms with E-state index in [-0.39, 0.29) is 59.4 Å². The normalized spacial score (nSPS) is 11.7. The van der Waals surface area contributed by atoms with E-state index in [0.717, 1.165) is 0 Å². The molecule has 0 aromatic carbocycles. The number of hydrogen-bond donors (Lipinski definition) is 6. The Kier molecular flexibility index (Phi) is 11.1. The molecular formula is C12H21KN2O9. The Bertz CT molecular complexity index is 471. The summed E-state index contributed by atoms with van der Waals surface area (Å²) < 4.78 is 0. The Balaban J connectivity index is -0.00000242. The number of hydrogen-bond acceptors (Lipinski definition) is 7. The molecule has 0 aliphatic heterocycles. The number of nitrogens with zero attached hydrogens (tertiary/aromatic N) is 1. The second-order valence-electron chi connectivity index (χ2n) is 5.19. The summed E-state index contributed by atoms with van der Waals surface area (Å²) in [6.07, 6.45) is -4.20. The molecule has 7 N–H and O–H groups in total. The molecule has 0 aliphatic rings. The maximum absolute atomic E-state index is 11.2. The van der Waals surface area contributed by atoms with E-state index in [0.29, 0.717) is 5.06 Å². The topological polar surface area (TPSA) is 199 Å². The summed E-state index contributed by atoms with van der Waals surface area (Å²) in [5, 5.41) is 46.4. The van der Waals surface area contributed by atoms with Gasteiger partial charge in [0.25, 0.3) is 0 Å². The van der Waals surface area contributed by atoms with Crippen molar-refractivity contribution < 1.29 is 97.6 Å². The standard InChI is InChI=1S/C12H20N2O9.K.H/c1-2-14(23)12(5-9(19)20,6-10(21)22)11(13,3-7(15)16)4-8(17)18;;/h23H,2-6,13H2,1H3,(H,15,16)(H,17,18)(H,19,20)(H,21,22);;/q;+1;-1. The van der Waals surface area contributed by atoms with Gasteiger partial charge in [0.05, 0.1) is 36.8 Å². The summed E-state index contributed by atoms with van der Waals surface area (Å²) in [5.74, 6) is -6.24. The van der Waals surface area contributed by atoms with Crippen LogP contribution in [0, 0.1) is 0 Å². The molecule has 0 aromatic rings. The summed E-state index contributed by atoms with van der Waals surface area (Å²) in [6, 6.07) is 0. The summed E-state index contributed by atoms with van der Waals surface area (Å²) in [4.78, 5) is 44.4. The number of likely N-dealkylation sites (N-methyl/N-ethyl adjacent to an activating group) is 1. The molecule has 0 heterocycles. The van der Waals surface area contributed by atoms with Gasteiger partial charge in [0, 0.05) is 6.54 Å². The Labute approximate surface area is 181 Å². The monoisotopic (exact) mass is 376 g/mol. The third-order valence-electron chi connectivity index (χ3n) is 3.54. The predicted octanol–water partition coefficient (Wildman–Crippen LogP) is -3.85. The van der Waals surface area contributed by atoms with Crippen LogP contribution in [0.15, 0.2) is 0 Å².